The summed E-state index contributed by atoms with van der Waals surface area (Å²) in [4.78, 5) is 45.0. The van der Waals surface area contributed by atoms with Gasteiger partial charge in [0.25, 0.3) is 0 Å². The molecule has 1 N–H and O–H groups in total. The van der Waals surface area contributed by atoms with E-state index in [1.165, 1.54) is 0 Å². The van der Waals surface area contributed by atoms with Crippen molar-refractivity contribution >= 4 is 41.0 Å². The number of carbonyl (C=O) groups is 3. The highest BCUT2D eigenvalue weighted by Gasteiger charge is 2.75. The van der Waals surface area contributed by atoms with E-state index in [9.17, 15) is 14.4 Å². The fraction of sp³-hybridized carbons (Fsp3) is 0.300. The van der Waals surface area contributed by atoms with Crippen molar-refractivity contribution in [3.63, 3.8) is 0 Å². The van der Waals surface area contributed by atoms with Crippen LogP contribution in [0.3, 0.4) is 0 Å². The highest BCUT2D eigenvalue weighted by molar-refractivity contribution is 6.35. The van der Waals surface area contributed by atoms with Gasteiger partial charge in [0.05, 0.1) is 12.6 Å². The Hall–Kier alpha value is -3.59. The van der Waals surface area contributed by atoms with E-state index in [1.807, 2.05) is 66.7 Å². The van der Waals surface area contributed by atoms with Gasteiger partial charge in [-0.15, -0.1) is 0 Å². The van der Waals surface area contributed by atoms with Crippen LogP contribution in [0.4, 0.5) is 4.79 Å². The number of hydrogen-bond donors (Lipinski definition) is 1. The predicted molar refractivity (Wildman–Crippen MR) is 152 cm³/mol. The molecular formula is C30H29Cl2N5O3. The third kappa shape index (κ3) is 4.60. The molecule has 0 aromatic heterocycles. The van der Waals surface area contributed by atoms with Gasteiger partial charge in [-0.1, -0.05) is 89.9 Å². The number of benzene rings is 3. The van der Waals surface area contributed by atoms with E-state index in [1.54, 1.807) is 39.0 Å². The third-order valence-electron chi connectivity index (χ3n) is 7.99. The molecule has 2 saturated heterocycles. The standard InChI is InChI=1S/C30H29Cl2N5O3/c1-34-19-27(38)36-25(14-20-8-4-2-5-9-20)28(39)35(18-22-12-13-23(31)15-24(22)32)26-16-30(26,36)37(34)29(40)33-17-21-10-6-3-7-11-21/h2-13,15,25-26H,14,16-19H2,1H3,(H,33,40)/t25-,26?,30?/m0/s1. The molecule has 206 valence electrons. The average Bonchev–Trinajstić information content (AvgIpc) is 3.66. The number of hydrogen-bond acceptors (Lipinski definition) is 4. The Morgan fingerprint density at radius 3 is 2.33 bits per heavy atom. The van der Waals surface area contributed by atoms with E-state index in [0.29, 0.717) is 29.4 Å². The lowest BCUT2D eigenvalue weighted by molar-refractivity contribution is -0.192. The Labute approximate surface area is 243 Å². The van der Waals surface area contributed by atoms with Crippen LogP contribution in [0.5, 0.6) is 0 Å². The summed E-state index contributed by atoms with van der Waals surface area (Å²) >= 11 is 12.6. The summed E-state index contributed by atoms with van der Waals surface area (Å²) in [5.74, 6) is -0.328. The van der Waals surface area contributed by atoms with Crippen molar-refractivity contribution in [1.82, 2.24) is 25.1 Å². The largest absolute Gasteiger partial charge is 0.334 e. The zero-order valence-corrected chi connectivity index (χ0v) is 23.5. The maximum Gasteiger partial charge on any atom is 0.334 e. The molecule has 1 saturated carbocycles. The monoisotopic (exact) mass is 577 g/mol. The topological polar surface area (TPSA) is 76.2 Å². The Kier molecular flexibility index (Phi) is 6.94. The second-order valence-corrected chi connectivity index (χ2v) is 11.4. The van der Waals surface area contributed by atoms with E-state index < -0.39 is 11.7 Å². The molecule has 4 amide bonds. The van der Waals surface area contributed by atoms with Crippen molar-refractivity contribution in [3.05, 3.63) is 106 Å². The van der Waals surface area contributed by atoms with Crippen molar-refractivity contribution in [1.29, 1.82) is 0 Å². The molecule has 8 nitrogen and oxygen atoms in total. The molecule has 2 aliphatic heterocycles. The molecule has 0 bridgehead atoms. The number of halogens is 2. The number of urea groups is 1. The Morgan fingerprint density at radius 2 is 1.65 bits per heavy atom. The van der Waals surface area contributed by atoms with Gasteiger partial charge in [-0.25, -0.2) is 14.8 Å². The summed E-state index contributed by atoms with van der Waals surface area (Å²) in [5.41, 5.74) is 1.67. The lowest BCUT2D eigenvalue weighted by Crippen LogP contribution is -2.77. The Balaban J connectivity index is 1.37. The number of nitrogens with one attached hydrogen (secondary N) is 1. The maximum atomic E-state index is 14.1. The lowest BCUT2D eigenvalue weighted by Gasteiger charge is -2.55. The molecule has 3 fully saturated rings. The van der Waals surface area contributed by atoms with Crippen LogP contribution >= 0.6 is 23.2 Å². The van der Waals surface area contributed by atoms with Crippen LogP contribution in [0.15, 0.2) is 78.9 Å². The Morgan fingerprint density at radius 1 is 0.975 bits per heavy atom. The van der Waals surface area contributed by atoms with Crippen molar-refractivity contribution in [2.75, 3.05) is 13.6 Å². The van der Waals surface area contributed by atoms with Crippen LogP contribution in [0.2, 0.25) is 10.0 Å². The molecule has 10 heteroatoms. The van der Waals surface area contributed by atoms with Crippen molar-refractivity contribution in [2.45, 2.75) is 43.7 Å². The number of nitrogens with zero attached hydrogens (tertiary/aromatic N) is 4. The first-order valence-corrected chi connectivity index (χ1v) is 14.0. The highest BCUT2D eigenvalue weighted by atomic mass is 35.5. The van der Waals surface area contributed by atoms with E-state index in [-0.39, 0.29) is 37.0 Å². The van der Waals surface area contributed by atoms with Crippen LogP contribution in [0.25, 0.3) is 0 Å². The average molecular weight is 579 g/mol. The molecule has 3 atom stereocenters. The van der Waals surface area contributed by atoms with Crippen molar-refractivity contribution in [2.24, 2.45) is 0 Å². The van der Waals surface area contributed by atoms with Gasteiger partial charge in [0.1, 0.15) is 6.04 Å². The summed E-state index contributed by atoms with van der Waals surface area (Å²) in [6, 6.07) is 23.1. The molecule has 6 rings (SSSR count). The number of piperazine rings is 1. The summed E-state index contributed by atoms with van der Waals surface area (Å²) in [7, 11) is 1.74. The van der Waals surface area contributed by atoms with Gasteiger partial charge in [0.15, 0.2) is 5.66 Å². The molecule has 1 aliphatic carbocycles. The molecule has 3 aromatic carbocycles. The molecule has 3 aromatic rings. The van der Waals surface area contributed by atoms with Gasteiger partial charge in [-0.05, 0) is 28.8 Å². The van der Waals surface area contributed by atoms with Crippen LogP contribution in [0.1, 0.15) is 23.1 Å². The number of likely N-dealkylation sites (N-methyl/N-ethyl adjacent to an activating group) is 1. The second-order valence-electron chi connectivity index (χ2n) is 10.5. The van der Waals surface area contributed by atoms with Gasteiger partial charge < -0.3 is 15.1 Å². The normalized spacial score (nSPS) is 24.0. The maximum absolute atomic E-state index is 14.1. The Bertz CT molecular complexity index is 1460. The minimum Gasteiger partial charge on any atom is -0.333 e. The molecule has 40 heavy (non-hydrogen) atoms. The molecule has 2 heterocycles. The highest BCUT2D eigenvalue weighted by Crippen LogP contribution is 2.55. The molecular weight excluding hydrogens is 549 g/mol. The first-order valence-electron chi connectivity index (χ1n) is 13.2. The van der Waals surface area contributed by atoms with Gasteiger partial charge in [0, 0.05) is 43.0 Å². The first-order chi connectivity index (χ1) is 19.3. The molecule has 0 radical (unpaired) electrons. The van der Waals surface area contributed by atoms with Gasteiger partial charge in [0.2, 0.25) is 11.8 Å². The minimum atomic E-state index is -0.989. The molecule has 2 unspecified atom stereocenters. The summed E-state index contributed by atoms with van der Waals surface area (Å²) in [6.45, 7) is 0.585. The quantitative estimate of drug-likeness (QED) is 0.473. The number of amides is 4. The van der Waals surface area contributed by atoms with Gasteiger partial charge in [-0.2, -0.15) is 0 Å². The van der Waals surface area contributed by atoms with E-state index in [0.717, 1.165) is 16.7 Å². The van der Waals surface area contributed by atoms with Crippen LogP contribution < -0.4 is 5.32 Å². The van der Waals surface area contributed by atoms with Crippen LogP contribution in [-0.4, -0.2) is 69.0 Å². The third-order valence-corrected chi connectivity index (χ3v) is 8.58. The van der Waals surface area contributed by atoms with Crippen molar-refractivity contribution in [3.8, 4) is 0 Å². The zero-order valence-electron chi connectivity index (χ0n) is 22.0. The van der Waals surface area contributed by atoms with Gasteiger partial charge >= 0.3 is 6.03 Å². The SMILES string of the molecule is CN1CC(=O)N2[C@@H](Cc3ccccc3)C(=O)N(Cc3ccc(Cl)cc3Cl)C3CC32N1C(=O)NCc1ccccc1. The minimum absolute atomic E-state index is 0.00515. The fourth-order valence-electron chi connectivity index (χ4n) is 6.14. The first kappa shape index (κ1) is 26.6. The second kappa shape index (κ2) is 10.4. The number of carbonyl (C=O) groups excluding carboxylic acids is 3. The van der Waals surface area contributed by atoms with E-state index in [2.05, 4.69) is 5.32 Å². The number of rotatable bonds is 6. The molecule has 1 spiro atoms. The zero-order chi connectivity index (χ0) is 28.0. The van der Waals surface area contributed by atoms with Gasteiger partial charge in [-0.3, -0.25) is 9.59 Å². The number of hydrazine groups is 1. The fourth-order valence-corrected chi connectivity index (χ4v) is 6.61. The molecule has 3 aliphatic rings. The van der Waals surface area contributed by atoms with E-state index in [4.69, 9.17) is 23.2 Å². The van der Waals surface area contributed by atoms with E-state index >= 15 is 0 Å². The summed E-state index contributed by atoms with van der Waals surface area (Å²) in [5, 5.41) is 7.31. The van der Waals surface area contributed by atoms with Crippen molar-refractivity contribution < 1.29 is 14.4 Å². The lowest BCUT2D eigenvalue weighted by atomic mass is 9.98. The summed E-state index contributed by atoms with van der Waals surface area (Å²) < 4.78 is 0. The summed E-state index contributed by atoms with van der Waals surface area (Å²) in [6.07, 6.45) is 0.790. The predicted octanol–water partition coefficient (Wildman–Crippen LogP) is 4.32. The van der Waals surface area contributed by atoms with Crippen LogP contribution in [0, 0.1) is 0 Å². The smallest absolute Gasteiger partial charge is 0.333 e. The van der Waals surface area contributed by atoms with Crippen LogP contribution in [-0.2, 0) is 29.1 Å².